The summed E-state index contributed by atoms with van der Waals surface area (Å²) in [6.45, 7) is 7.75. The molecule has 0 radical (unpaired) electrons. The number of hydrogen-bond acceptors (Lipinski definition) is 7. The summed E-state index contributed by atoms with van der Waals surface area (Å²) in [7, 11) is 2.17. The number of hydrogen-bond donors (Lipinski definition) is 2. The first-order valence-corrected chi connectivity index (χ1v) is 12.2. The molecule has 176 valence electrons. The molecule has 6 nitrogen and oxygen atoms in total. The van der Waals surface area contributed by atoms with Crippen LogP contribution in [0.25, 0.3) is 10.4 Å². The van der Waals surface area contributed by atoms with Gasteiger partial charge in [-0.2, -0.15) is 0 Å². The maximum Gasteiger partial charge on any atom is 0.166 e. The van der Waals surface area contributed by atoms with Crippen molar-refractivity contribution in [2.75, 3.05) is 25.9 Å². The molecule has 1 aromatic carbocycles. The summed E-state index contributed by atoms with van der Waals surface area (Å²) in [5.74, 6) is 7.19. The van der Waals surface area contributed by atoms with Gasteiger partial charge in [-0.05, 0) is 69.7 Å². The van der Waals surface area contributed by atoms with E-state index in [1.807, 2.05) is 36.5 Å². The molecule has 7 heteroatoms. The molecule has 0 aliphatic carbocycles. The van der Waals surface area contributed by atoms with Crippen molar-refractivity contribution in [2.45, 2.75) is 37.9 Å². The molecule has 0 amide bonds. The summed E-state index contributed by atoms with van der Waals surface area (Å²) in [5.41, 5.74) is 7.55. The quantitative estimate of drug-likeness (QED) is 0.405. The van der Waals surface area contributed by atoms with Crippen LogP contribution < -0.4 is 10.5 Å². The Hall–Kier alpha value is -3.18. The maximum absolute atomic E-state index is 10.00. The molecular formula is C27H30N4O2S. The highest BCUT2D eigenvalue weighted by molar-refractivity contribution is 7.15. The van der Waals surface area contributed by atoms with Gasteiger partial charge in [0, 0.05) is 29.4 Å². The highest BCUT2D eigenvalue weighted by Gasteiger charge is 2.21. The molecule has 1 aliphatic heterocycles. The highest BCUT2D eigenvalue weighted by atomic mass is 32.1. The fourth-order valence-electron chi connectivity index (χ4n) is 3.72. The summed E-state index contributed by atoms with van der Waals surface area (Å²) in [5, 5.41) is 11.2. The van der Waals surface area contributed by atoms with Crippen LogP contribution in [0.2, 0.25) is 0 Å². The molecule has 34 heavy (non-hydrogen) atoms. The molecule has 1 unspecified atom stereocenters. The summed E-state index contributed by atoms with van der Waals surface area (Å²) >= 11 is 1.73. The molecule has 3 N–H and O–H groups in total. The van der Waals surface area contributed by atoms with Crippen LogP contribution in [0.3, 0.4) is 0 Å². The normalized spacial score (nSPS) is 16.3. The van der Waals surface area contributed by atoms with Gasteiger partial charge in [-0.1, -0.05) is 30.6 Å². The van der Waals surface area contributed by atoms with Gasteiger partial charge in [-0.15, -0.1) is 11.3 Å². The molecule has 0 saturated carbocycles. The average molecular weight is 475 g/mol. The Balaban J connectivity index is 1.46. The van der Waals surface area contributed by atoms with Crippen molar-refractivity contribution in [2.24, 2.45) is 0 Å². The van der Waals surface area contributed by atoms with Crippen LogP contribution >= 0.6 is 11.3 Å². The standard InChI is InChI=1S/C27H30N4O2S/c1-4-27(2,32)11-8-19-6-5-7-20(14-19)18-33-23-15-22(16-29-25(23)28)24-17-30-26(34-24)21-9-12-31(3)13-10-21/h4-7,14-17,21,32H,1,9-10,12-13,18H2,2-3H3,(H2,28,29). The molecule has 3 aromatic rings. The Morgan fingerprint density at radius 2 is 2.09 bits per heavy atom. The van der Waals surface area contributed by atoms with E-state index >= 15 is 0 Å². The third-order valence-electron chi connectivity index (χ3n) is 5.94. The molecule has 1 saturated heterocycles. The first kappa shape index (κ1) is 24.0. The van der Waals surface area contributed by atoms with E-state index in [0.29, 0.717) is 24.1 Å². The van der Waals surface area contributed by atoms with Gasteiger partial charge in [-0.3, -0.25) is 0 Å². The van der Waals surface area contributed by atoms with Gasteiger partial charge >= 0.3 is 0 Å². The zero-order chi connectivity index (χ0) is 24.1. The van der Waals surface area contributed by atoms with E-state index in [1.165, 1.54) is 11.1 Å². The number of aromatic nitrogens is 2. The average Bonchev–Trinajstić information content (AvgIpc) is 3.33. The zero-order valence-electron chi connectivity index (χ0n) is 19.6. The van der Waals surface area contributed by atoms with Crippen molar-refractivity contribution in [3.8, 4) is 28.0 Å². The summed E-state index contributed by atoms with van der Waals surface area (Å²) in [6.07, 6.45) is 7.40. The lowest BCUT2D eigenvalue weighted by atomic mass is 9.98. The molecular weight excluding hydrogens is 444 g/mol. The van der Waals surface area contributed by atoms with Crippen molar-refractivity contribution < 1.29 is 9.84 Å². The minimum absolute atomic E-state index is 0.326. The second kappa shape index (κ2) is 10.4. The van der Waals surface area contributed by atoms with Crippen LogP contribution in [0.4, 0.5) is 5.82 Å². The molecule has 1 aliphatic rings. The number of likely N-dealkylation sites (tertiary alicyclic amines) is 1. The van der Waals surface area contributed by atoms with Crippen LogP contribution in [0.1, 0.15) is 41.8 Å². The molecule has 1 fully saturated rings. The van der Waals surface area contributed by atoms with E-state index in [0.717, 1.165) is 47.5 Å². The second-order valence-electron chi connectivity index (χ2n) is 8.84. The summed E-state index contributed by atoms with van der Waals surface area (Å²) in [4.78, 5) is 12.5. The lowest BCUT2D eigenvalue weighted by molar-refractivity contribution is 0.175. The smallest absolute Gasteiger partial charge is 0.166 e. The second-order valence-corrected chi connectivity index (χ2v) is 9.90. The topological polar surface area (TPSA) is 84.5 Å². The van der Waals surface area contributed by atoms with Crippen LogP contribution in [-0.4, -0.2) is 45.7 Å². The van der Waals surface area contributed by atoms with Crippen molar-refractivity contribution in [1.29, 1.82) is 0 Å². The molecule has 0 spiro atoms. The largest absolute Gasteiger partial charge is 0.485 e. The predicted molar refractivity (Wildman–Crippen MR) is 138 cm³/mol. The molecule has 0 bridgehead atoms. The van der Waals surface area contributed by atoms with Crippen molar-refractivity contribution in [1.82, 2.24) is 14.9 Å². The number of nitrogen functional groups attached to an aromatic ring is 1. The first-order valence-electron chi connectivity index (χ1n) is 11.3. The van der Waals surface area contributed by atoms with Gasteiger partial charge in [0.25, 0.3) is 0 Å². The predicted octanol–water partition coefficient (Wildman–Crippen LogP) is 4.46. The number of piperidine rings is 1. The van der Waals surface area contributed by atoms with Crippen molar-refractivity contribution in [3.63, 3.8) is 0 Å². The van der Waals surface area contributed by atoms with Gasteiger partial charge in [0.05, 0.1) is 9.88 Å². The number of benzene rings is 1. The SMILES string of the molecule is C=CC(C)(O)C#Cc1cccc(COc2cc(-c3cnc(C4CCN(C)CC4)s3)cnc2N)c1. The fourth-order valence-corrected chi connectivity index (χ4v) is 4.79. The number of anilines is 1. The van der Waals surface area contributed by atoms with Crippen LogP contribution in [-0.2, 0) is 6.61 Å². The lowest BCUT2D eigenvalue weighted by Crippen LogP contribution is -2.29. The Morgan fingerprint density at radius 3 is 2.85 bits per heavy atom. The Kier molecular flexibility index (Phi) is 7.32. The number of pyridine rings is 1. The third kappa shape index (κ3) is 6.03. The number of thiazole rings is 1. The Labute approximate surface area is 205 Å². The maximum atomic E-state index is 10.00. The third-order valence-corrected chi connectivity index (χ3v) is 7.15. The minimum Gasteiger partial charge on any atom is -0.485 e. The van der Waals surface area contributed by atoms with Gasteiger partial charge < -0.3 is 20.5 Å². The number of nitrogens with zero attached hydrogens (tertiary/aromatic N) is 3. The van der Waals surface area contributed by atoms with E-state index in [4.69, 9.17) is 15.5 Å². The van der Waals surface area contributed by atoms with Crippen LogP contribution in [0, 0.1) is 11.8 Å². The van der Waals surface area contributed by atoms with E-state index in [9.17, 15) is 5.11 Å². The van der Waals surface area contributed by atoms with E-state index < -0.39 is 5.60 Å². The zero-order valence-corrected chi connectivity index (χ0v) is 20.4. The van der Waals surface area contributed by atoms with Gasteiger partial charge in [-0.25, -0.2) is 9.97 Å². The number of rotatable bonds is 6. The monoisotopic (exact) mass is 474 g/mol. The van der Waals surface area contributed by atoms with Gasteiger partial charge in [0.2, 0.25) is 0 Å². The number of ether oxygens (including phenoxy) is 1. The summed E-state index contributed by atoms with van der Waals surface area (Å²) in [6, 6.07) is 9.61. The Bertz CT molecular complexity index is 1220. The number of aliphatic hydroxyl groups is 1. The number of nitrogens with two attached hydrogens (primary N) is 1. The van der Waals surface area contributed by atoms with Crippen molar-refractivity contribution >= 4 is 17.2 Å². The van der Waals surface area contributed by atoms with E-state index in [2.05, 4.69) is 35.4 Å². The minimum atomic E-state index is -1.23. The van der Waals surface area contributed by atoms with E-state index in [-0.39, 0.29) is 0 Å². The first-order chi connectivity index (χ1) is 16.3. The van der Waals surface area contributed by atoms with E-state index in [1.54, 1.807) is 24.5 Å². The lowest BCUT2D eigenvalue weighted by Gasteiger charge is -2.27. The molecule has 4 rings (SSSR count). The molecule has 1 atom stereocenters. The molecule has 3 heterocycles. The van der Waals surface area contributed by atoms with Gasteiger partial charge in [0.15, 0.2) is 11.6 Å². The highest BCUT2D eigenvalue weighted by Crippen LogP contribution is 2.36. The van der Waals surface area contributed by atoms with Crippen molar-refractivity contribution in [3.05, 3.63) is 71.5 Å². The van der Waals surface area contributed by atoms with Gasteiger partial charge in [0.1, 0.15) is 12.2 Å². The Morgan fingerprint density at radius 1 is 1.29 bits per heavy atom. The molecule has 2 aromatic heterocycles. The summed E-state index contributed by atoms with van der Waals surface area (Å²) < 4.78 is 6.02. The fraction of sp³-hybridized carbons (Fsp3) is 0.333. The van der Waals surface area contributed by atoms with Crippen LogP contribution in [0.15, 0.2) is 55.4 Å². The van der Waals surface area contributed by atoms with Crippen LogP contribution in [0.5, 0.6) is 5.75 Å².